The number of rotatable bonds is 3. The minimum atomic E-state index is -4.80. The highest BCUT2D eigenvalue weighted by molar-refractivity contribution is 6.05. The van der Waals surface area contributed by atoms with E-state index >= 15 is 0 Å². The van der Waals surface area contributed by atoms with Crippen molar-refractivity contribution >= 4 is 22.5 Å². The first-order valence-corrected chi connectivity index (χ1v) is 8.58. The van der Waals surface area contributed by atoms with Gasteiger partial charge in [0.15, 0.2) is 5.69 Å². The number of amides is 1. The van der Waals surface area contributed by atoms with Crippen LogP contribution in [0.2, 0.25) is 0 Å². The first-order valence-electron chi connectivity index (χ1n) is 8.58. The normalized spacial score (nSPS) is 11.6. The average Bonchev–Trinajstić information content (AvgIpc) is 3.13. The summed E-state index contributed by atoms with van der Waals surface area (Å²) < 4.78 is 42.5. The summed E-state index contributed by atoms with van der Waals surface area (Å²) in [5.74, 6) is -0.910. The molecule has 0 aliphatic rings. The van der Waals surface area contributed by atoms with Gasteiger partial charge in [-0.05, 0) is 43.3 Å². The number of anilines is 1. The van der Waals surface area contributed by atoms with Crippen molar-refractivity contribution in [1.29, 1.82) is 0 Å². The van der Waals surface area contributed by atoms with Gasteiger partial charge in [-0.1, -0.05) is 6.07 Å². The zero-order valence-corrected chi connectivity index (χ0v) is 15.1. The number of carbonyl (C=O) groups is 1. The summed E-state index contributed by atoms with van der Waals surface area (Å²) in [6.45, 7) is 1.71. The molecule has 0 aliphatic heterocycles. The highest BCUT2D eigenvalue weighted by Crippen LogP contribution is 2.35. The fraction of sp³-hybridized carbons (Fsp3) is 0.100. The Morgan fingerprint density at radius 1 is 1.07 bits per heavy atom. The second-order valence-corrected chi connectivity index (χ2v) is 6.30. The van der Waals surface area contributed by atoms with Crippen LogP contribution in [0.5, 0.6) is 0 Å². The molecule has 0 saturated carbocycles. The van der Waals surface area contributed by atoms with Gasteiger partial charge in [0.2, 0.25) is 0 Å². The molecule has 0 aliphatic carbocycles. The number of fused-ring (bicyclic) bond motifs is 1. The van der Waals surface area contributed by atoms with E-state index in [9.17, 15) is 18.0 Å². The van der Waals surface area contributed by atoms with E-state index in [4.69, 9.17) is 0 Å². The Hall–Kier alpha value is -3.75. The fourth-order valence-electron chi connectivity index (χ4n) is 3.06. The summed E-state index contributed by atoms with van der Waals surface area (Å²) in [4.78, 5) is 20.8. The number of hydrogen-bond acceptors (Lipinski definition) is 4. The first-order chi connectivity index (χ1) is 13.8. The molecule has 3 heterocycles. The minimum absolute atomic E-state index is 0.182. The van der Waals surface area contributed by atoms with Crippen molar-refractivity contribution in [2.45, 2.75) is 13.1 Å². The lowest BCUT2D eigenvalue weighted by atomic mass is 10.1. The molecular weight excluding hydrogens is 383 g/mol. The van der Waals surface area contributed by atoms with Crippen LogP contribution in [0, 0.1) is 6.92 Å². The van der Waals surface area contributed by atoms with Crippen molar-refractivity contribution in [3.05, 3.63) is 78.0 Å². The second kappa shape index (κ2) is 7.01. The van der Waals surface area contributed by atoms with E-state index in [1.54, 1.807) is 43.5 Å². The molecule has 0 saturated heterocycles. The second-order valence-electron chi connectivity index (χ2n) is 6.30. The summed E-state index contributed by atoms with van der Waals surface area (Å²) in [6, 6.07) is 11.1. The molecule has 1 aromatic carbocycles. The van der Waals surface area contributed by atoms with Crippen LogP contribution >= 0.6 is 0 Å². The molecule has 1 N–H and O–H groups in total. The quantitative estimate of drug-likeness (QED) is 0.556. The summed E-state index contributed by atoms with van der Waals surface area (Å²) in [6.07, 6.45) is -0.874. The third kappa shape index (κ3) is 3.54. The van der Waals surface area contributed by atoms with Gasteiger partial charge in [-0.15, -0.1) is 0 Å². The number of carbonyl (C=O) groups excluding carboxylic acids is 1. The smallest absolute Gasteiger partial charge is 0.322 e. The molecule has 0 unspecified atom stereocenters. The maximum Gasteiger partial charge on any atom is 0.434 e. The van der Waals surface area contributed by atoms with Crippen LogP contribution < -0.4 is 5.32 Å². The lowest BCUT2D eigenvalue weighted by Crippen LogP contribution is -2.21. The molecule has 1 amide bonds. The van der Waals surface area contributed by atoms with Gasteiger partial charge in [0.1, 0.15) is 0 Å². The number of nitrogens with one attached hydrogen (secondary N) is 1. The largest absolute Gasteiger partial charge is 0.434 e. The van der Waals surface area contributed by atoms with E-state index in [0.29, 0.717) is 22.3 Å². The van der Waals surface area contributed by atoms with Crippen LogP contribution in [0.15, 0.2) is 61.1 Å². The van der Waals surface area contributed by atoms with E-state index in [-0.39, 0.29) is 5.69 Å². The number of aryl methyl sites for hydroxylation is 1. The van der Waals surface area contributed by atoms with Crippen molar-refractivity contribution in [3.8, 4) is 5.69 Å². The number of alkyl halides is 3. The number of pyridine rings is 2. The predicted molar refractivity (Wildman–Crippen MR) is 101 cm³/mol. The SMILES string of the molecule is Cc1cc(NC(=O)c2cnn(-c3cccc4ncccc34)c2C(F)(F)F)ccn1. The Labute approximate surface area is 163 Å². The highest BCUT2D eigenvalue weighted by Gasteiger charge is 2.40. The number of hydrogen-bond donors (Lipinski definition) is 1. The van der Waals surface area contributed by atoms with E-state index in [1.165, 1.54) is 18.3 Å². The molecule has 4 rings (SSSR count). The number of nitrogens with zero attached hydrogens (tertiary/aromatic N) is 4. The molecule has 9 heteroatoms. The third-order valence-corrected chi connectivity index (χ3v) is 4.29. The number of halogens is 3. The lowest BCUT2D eigenvalue weighted by Gasteiger charge is -2.14. The zero-order valence-electron chi connectivity index (χ0n) is 15.1. The van der Waals surface area contributed by atoms with Crippen LogP contribution in [-0.4, -0.2) is 25.7 Å². The molecule has 3 aromatic heterocycles. The van der Waals surface area contributed by atoms with E-state index < -0.39 is 23.3 Å². The third-order valence-electron chi connectivity index (χ3n) is 4.29. The molecule has 146 valence electrons. The van der Waals surface area contributed by atoms with E-state index in [1.807, 2.05) is 0 Å². The molecule has 4 aromatic rings. The van der Waals surface area contributed by atoms with Gasteiger partial charge < -0.3 is 5.32 Å². The van der Waals surface area contributed by atoms with Gasteiger partial charge in [0.25, 0.3) is 5.91 Å². The molecular formula is C20H14F3N5O. The molecule has 6 nitrogen and oxygen atoms in total. The average molecular weight is 397 g/mol. The molecule has 0 atom stereocenters. The van der Waals surface area contributed by atoms with Crippen molar-refractivity contribution in [3.63, 3.8) is 0 Å². The molecule has 0 spiro atoms. The molecule has 0 bridgehead atoms. The van der Waals surface area contributed by atoms with Crippen molar-refractivity contribution < 1.29 is 18.0 Å². The summed E-state index contributed by atoms with van der Waals surface area (Å²) in [5.41, 5.74) is -0.0610. The number of benzene rings is 1. The minimum Gasteiger partial charge on any atom is -0.322 e. The van der Waals surface area contributed by atoms with Gasteiger partial charge in [-0.25, -0.2) is 4.68 Å². The first kappa shape index (κ1) is 18.6. The van der Waals surface area contributed by atoms with Gasteiger partial charge in [-0.3, -0.25) is 14.8 Å². The van der Waals surface area contributed by atoms with Crippen LogP contribution in [-0.2, 0) is 6.18 Å². The van der Waals surface area contributed by atoms with Gasteiger partial charge in [0, 0.05) is 29.2 Å². The van der Waals surface area contributed by atoms with Crippen molar-refractivity contribution in [2.75, 3.05) is 5.32 Å². The summed E-state index contributed by atoms with van der Waals surface area (Å²) >= 11 is 0. The van der Waals surface area contributed by atoms with E-state index in [0.717, 1.165) is 10.9 Å². The zero-order chi connectivity index (χ0) is 20.6. The van der Waals surface area contributed by atoms with Crippen LogP contribution in [0.3, 0.4) is 0 Å². The Morgan fingerprint density at radius 2 is 1.90 bits per heavy atom. The summed E-state index contributed by atoms with van der Waals surface area (Å²) in [7, 11) is 0. The van der Waals surface area contributed by atoms with Crippen molar-refractivity contribution in [1.82, 2.24) is 19.7 Å². The van der Waals surface area contributed by atoms with Crippen LogP contribution in [0.25, 0.3) is 16.6 Å². The maximum absolute atomic E-state index is 13.9. The lowest BCUT2D eigenvalue weighted by molar-refractivity contribution is -0.143. The highest BCUT2D eigenvalue weighted by atomic mass is 19.4. The predicted octanol–water partition coefficient (Wildman–Crippen LogP) is 4.40. The van der Waals surface area contributed by atoms with Gasteiger partial charge in [-0.2, -0.15) is 18.3 Å². The Bertz CT molecular complexity index is 1210. The standard InChI is InChI=1S/C20H14F3N5O/c1-12-10-13(7-9-24-12)27-19(29)15-11-26-28(18(15)20(21,22)23)17-6-2-5-16-14(17)4-3-8-25-16/h2-11H,1H3,(H,24,27,29). The van der Waals surface area contributed by atoms with Gasteiger partial charge >= 0.3 is 6.18 Å². The summed E-state index contributed by atoms with van der Waals surface area (Å²) in [5, 5.41) is 6.83. The fourth-order valence-corrected chi connectivity index (χ4v) is 3.06. The topological polar surface area (TPSA) is 72.7 Å². The maximum atomic E-state index is 13.9. The Kier molecular flexibility index (Phi) is 4.50. The van der Waals surface area contributed by atoms with Crippen LogP contribution in [0.1, 0.15) is 21.7 Å². The monoisotopic (exact) mass is 397 g/mol. The Morgan fingerprint density at radius 3 is 2.66 bits per heavy atom. The molecule has 29 heavy (non-hydrogen) atoms. The molecule has 0 radical (unpaired) electrons. The molecule has 0 fully saturated rings. The Balaban J connectivity index is 1.83. The number of aromatic nitrogens is 4. The van der Waals surface area contributed by atoms with Crippen molar-refractivity contribution in [2.24, 2.45) is 0 Å². The van der Waals surface area contributed by atoms with Gasteiger partial charge in [0.05, 0.1) is 23.0 Å². The van der Waals surface area contributed by atoms with Crippen LogP contribution in [0.4, 0.5) is 18.9 Å². The van der Waals surface area contributed by atoms with E-state index in [2.05, 4.69) is 20.4 Å².